The van der Waals surface area contributed by atoms with Gasteiger partial charge in [-0.2, -0.15) is 0 Å². The summed E-state index contributed by atoms with van der Waals surface area (Å²) in [5, 5.41) is 11.5. The van der Waals surface area contributed by atoms with Crippen LogP contribution in [0.3, 0.4) is 0 Å². The minimum absolute atomic E-state index is 0.0153. The number of amides is 3. The largest absolute Gasteiger partial charge is 0.341 e. The molecule has 31 heavy (non-hydrogen) atoms. The standard InChI is InChI=1S/C23H28N6O2/c1-27(17-18-7-3-2-4-8-18)21(30)10-13-24-23(31)28-15-11-19(12-16-28)22-26-25-20-9-5-6-14-29(20)22/h2-9,14,19H,10-13,15-17H2,1H3,(H,24,31). The lowest BCUT2D eigenvalue weighted by Crippen LogP contribution is -2.45. The number of piperidine rings is 1. The molecule has 1 fully saturated rings. The number of carbonyl (C=O) groups excluding carboxylic acids is 2. The van der Waals surface area contributed by atoms with Crippen molar-refractivity contribution in [3.05, 3.63) is 66.1 Å². The minimum atomic E-state index is -0.108. The number of nitrogens with one attached hydrogen (secondary N) is 1. The number of hydrogen-bond donors (Lipinski definition) is 1. The maximum atomic E-state index is 12.5. The molecule has 0 radical (unpaired) electrons. The van der Waals surface area contributed by atoms with Crippen LogP contribution in [-0.2, 0) is 11.3 Å². The van der Waals surface area contributed by atoms with Crippen LogP contribution in [0.4, 0.5) is 4.79 Å². The first-order valence-electron chi connectivity index (χ1n) is 10.7. The zero-order valence-electron chi connectivity index (χ0n) is 17.8. The summed E-state index contributed by atoms with van der Waals surface area (Å²) in [6.07, 6.45) is 3.97. The van der Waals surface area contributed by atoms with Gasteiger partial charge in [-0.15, -0.1) is 10.2 Å². The molecule has 3 heterocycles. The summed E-state index contributed by atoms with van der Waals surface area (Å²) in [5.74, 6) is 1.26. The predicted molar refractivity (Wildman–Crippen MR) is 117 cm³/mol. The van der Waals surface area contributed by atoms with Gasteiger partial charge in [0.2, 0.25) is 5.91 Å². The molecule has 3 amide bonds. The van der Waals surface area contributed by atoms with Gasteiger partial charge in [0.15, 0.2) is 5.65 Å². The van der Waals surface area contributed by atoms with Crippen LogP contribution in [0.2, 0.25) is 0 Å². The van der Waals surface area contributed by atoms with Crippen molar-refractivity contribution < 1.29 is 9.59 Å². The summed E-state index contributed by atoms with van der Waals surface area (Å²) >= 11 is 0. The van der Waals surface area contributed by atoms with Gasteiger partial charge in [-0.25, -0.2) is 4.79 Å². The number of likely N-dealkylation sites (tertiary alicyclic amines) is 1. The number of fused-ring (bicyclic) bond motifs is 1. The molecule has 0 spiro atoms. The van der Waals surface area contributed by atoms with Gasteiger partial charge in [0.05, 0.1) is 0 Å². The molecule has 1 aromatic carbocycles. The fraction of sp³-hybridized carbons (Fsp3) is 0.391. The van der Waals surface area contributed by atoms with E-state index < -0.39 is 0 Å². The lowest BCUT2D eigenvalue weighted by Gasteiger charge is -2.31. The molecule has 1 N–H and O–H groups in total. The Morgan fingerprint density at radius 1 is 1.06 bits per heavy atom. The molecule has 0 saturated carbocycles. The van der Waals surface area contributed by atoms with E-state index in [4.69, 9.17) is 0 Å². The number of nitrogens with zero attached hydrogens (tertiary/aromatic N) is 5. The molecule has 8 nitrogen and oxygen atoms in total. The molecule has 0 bridgehead atoms. The van der Waals surface area contributed by atoms with Gasteiger partial charge in [-0.05, 0) is 30.5 Å². The van der Waals surface area contributed by atoms with Crippen LogP contribution >= 0.6 is 0 Å². The van der Waals surface area contributed by atoms with Gasteiger partial charge in [-0.3, -0.25) is 9.20 Å². The Balaban J connectivity index is 1.20. The smallest absolute Gasteiger partial charge is 0.317 e. The monoisotopic (exact) mass is 420 g/mol. The predicted octanol–water partition coefficient (Wildman–Crippen LogP) is 2.67. The van der Waals surface area contributed by atoms with Crippen molar-refractivity contribution in [3.8, 4) is 0 Å². The fourth-order valence-corrected chi connectivity index (χ4v) is 4.00. The SMILES string of the molecule is CN(Cc1ccccc1)C(=O)CCNC(=O)N1CCC(c2nnc3ccccn23)CC1. The second-order valence-corrected chi connectivity index (χ2v) is 7.97. The van der Waals surface area contributed by atoms with Crippen LogP contribution in [0.25, 0.3) is 5.65 Å². The first-order valence-corrected chi connectivity index (χ1v) is 10.7. The van der Waals surface area contributed by atoms with Crippen LogP contribution < -0.4 is 5.32 Å². The molecular weight excluding hydrogens is 392 g/mol. The van der Waals surface area contributed by atoms with Crippen molar-refractivity contribution in [2.75, 3.05) is 26.7 Å². The highest BCUT2D eigenvalue weighted by atomic mass is 16.2. The number of carbonyl (C=O) groups is 2. The molecule has 162 valence electrons. The highest BCUT2D eigenvalue weighted by molar-refractivity contribution is 5.78. The summed E-state index contributed by atoms with van der Waals surface area (Å²) in [6, 6.07) is 15.6. The van der Waals surface area contributed by atoms with E-state index in [1.54, 1.807) is 11.9 Å². The van der Waals surface area contributed by atoms with Crippen LogP contribution in [0.15, 0.2) is 54.7 Å². The summed E-state index contributed by atoms with van der Waals surface area (Å²) in [4.78, 5) is 28.3. The maximum Gasteiger partial charge on any atom is 0.317 e. The van der Waals surface area contributed by atoms with Crippen molar-refractivity contribution in [1.29, 1.82) is 0 Å². The van der Waals surface area contributed by atoms with Crippen LogP contribution in [0.1, 0.15) is 36.6 Å². The Labute approximate surface area is 181 Å². The summed E-state index contributed by atoms with van der Waals surface area (Å²) in [6.45, 7) is 2.24. The highest BCUT2D eigenvalue weighted by Gasteiger charge is 2.26. The van der Waals surface area contributed by atoms with E-state index in [-0.39, 0.29) is 24.3 Å². The van der Waals surface area contributed by atoms with E-state index in [9.17, 15) is 9.59 Å². The summed E-state index contributed by atoms with van der Waals surface area (Å²) in [7, 11) is 1.79. The van der Waals surface area contributed by atoms with E-state index in [0.717, 1.165) is 29.9 Å². The number of pyridine rings is 1. The average molecular weight is 421 g/mol. The number of benzene rings is 1. The zero-order chi connectivity index (χ0) is 21.6. The van der Waals surface area contributed by atoms with Gasteiger partial charge in [0.1, 0.15) is 5.82 Å². The molecule has 1 aliphatic rings. The molecule has 0 atom stereocenters. The molecule has 1 aliphatic heterocycles. The van der Waals surface area contributed by atoms with Crippen LogP contribution in [-0.4, -0.2) is 63.0 Å². The second-order valence-electron chi connectivity index (χ2n) is 7.97. The second kappa shape index (κ2) is 9.59. The van der Waals surface area contributed by atoms with E-state index in [0.29, 0.717) is 26.2 Å². The first-order chi connectivity index (χ1) is 15.1. The normalized spacial score (nSPS) is 14.5. The molecule has 8 heteroatoms. The third-order valence-electron chi connectivity index (χ3n) is 5.79. The Kier molecular flexibility index (Phi) is 6.45. The molecule has 3 aromatic rings. The lowest BCUT2D eigenvalue weighted by atomic mass is 9.96. The molecule has 1 saturated heterocycles. The van der Waals surface area contributed by atoms with Gasteiger partial charge in [0.25, 0.3) is 0 Å². The third-order valence-corrected chi connectivity index (χ3v) is 5.79. The Morgan fingerprint density at radius 2 is 1.81 bits per heavy atom. The average Bonchev–Trinajstić information content (AvgIpc) is 3.24. The molecular formula is C23H28N6O2. The van der Waals surface area contributed by atoms with Gasteiger partial charge >= 0.3 is 6.03 Å². The molecule has 4 rings (SSSR count). The minimum Gasteiger partial charge on any atom is -0.341 e. The van der Waals surface area contributed by atoms with Crippen molar-refractivity contribution in [2.24, 2.45) is 0 Å². The van der Waals surface area contributed by atoms with Crippen molar-refractivity contribution in [2.45, 2.75) is 31.7 Å². The number of aromatic nitrogens is 3. The molecule has 0 unspecified atom stereocenters. The van der Waals surface area contributed by atoms with Crippen molar-refractivity contribution >= 4 is 17.6 Å². The Hall–Kier alpha value is -3.42. The van der Waals surface area contributed by atoms with Crippen molar-refractivity contribution in [3.63, 3.8) is 0 Å². The van der Waals surface area contributed by atoms with E-state index in [2.05, 4.69) is 15.5 Å². The Bertz CT molecular complexity index is 1030. The van der Waals surface area contributed by atoms with Crippen LogP contribution in [0.5, 0.6) is 0 Å². The quantitative estimate of drug-likeness (QED) is 0.665. The Morgan fingerprint density at radius 3 is 2.58 bits per heavy atom. The van der Waals surface area contributed by atoms with Gasteiger partial charge in [-0.1, -0.05) is 36.4 Å². The maximum absolute atomic E-state index is 12.5. The topological polar surface area (TPSA) is 82.8 Å². The van der Waals surface area contributed by atoms with Gasteiger partial charge < -0.3 is 15.1 Å². The molecule has 0 aliphatic carbocycles. The van der Waals surface area contributed by atoms with Gasteiger partial charge in [0, 0.05) is 51.8 Å². The number of urea groups is 1. The highest BCUT2D eigenvalue weighted by Crippen LogP contribution is 2.27. The molecule has 2 aromatic heterocycles. The van der Waals surface area contributed by atoms with E-state index in [1.807, 2.05) is 64.0 Å². The lowest BCUT2D eigenvalue weighted by molar-refractivity contribution is -0.130. The van der Waals surface area contributed by atoms with Crippen molar-refractivity contribution in [1.82, 2.24) is 29.7 Å². The summed E-state index contributed by atoms with van der Waals surface area (Å²) in [5.41, 5.74) is 1.94. The third kappa shape index (κ3) is 5.02. The summed E-state index contributed by atoms with van der Waals surface area (Å²) < 4.78 is 2.03. The van der Waals surface area contributed by atoms with Crippen LogP contribution in [0, 0.1) is 0 Å². The van der Waals surface area contributed by atoms with E-state index >= 15 is 0 Å². The number of hydrogen-bond acceptors (Lipinski definition) is 4. The van der Waals surface area contributed by atoms with E-state index in [1.165, 1.54) is 0 Å². The number of rotatable bonds is 6. The zero-order valence-corrected chi connectivity index (χ0v) is 17.8. The first kappa shape index (κ1) is 20.8. The fourth-order valence-electron chi connectivity index (χ4n) is 4.00.